The van der Waals surface area contributed by atoms with Gasteiger partial charge in [0.2, 0.25) is 0 Å². The number of fused-ring (bicyclic) bond motifs is 2. The number of H-pyrrole nitrogens is 1. The summed E-state index contributed by atoms with van der Waals surface area (Å²) in [4.78, 5) is 40.7. The van der Waals surface area contributed by atoms with Gasteiger partial charge >= 0.3 is 0 Å². The topological polar surface area (TPSA) is 105 Å². The zero-order chi connectivity index (χ0) is 20.1. The molecule has 0 spiro atoms. The first kappa shape index (κ1) is 18.5. The molecule has 4 N–H and O–H groups in total. The molecule has 28 heavy (non-hydrogen) atoms. The van der Waals surface area contributed by atoms with Crippen LogP contribution < -0.4 is 16.6 Å². The number of aryl methyl sites for hydroxylation is 1. The number of anilines is 1. The van der Waals surface area contributed by atoms with E-state index < -0.39 is 11.5 Å². The Morgan fingerprint density at radius 3 is 2.79 bits per heavy atom. The van der Waals surface area contributed by atoms with Crippen LogP contribution in [0, 0.1) is 5.41 Å². The normalized spacial score (nSPS) is 20.2. The zero-order valence-corrected chi connectivity index (χ0v) is 16.2. The average Bonchev–Trinajstić information content (AvgIpc) is 2.60. The lowest BCUT2D eigenvalue weighted by atomic mass is 9.75. The second-order valence-corrected chi connectivity index (χ2v) is 8.72. The minimum atomic E-state index is -0.449. The largest absolute Gasteiger partial charge is 0.399 e. The molecule has 0 fully saturated rings. The molecule has 1 aromatic heterocycles. The van der Waals surface area contributed by atoms with Gasteiger partial charge in [0.15, 0.2) is 5.78 Å². The summed E-state index contributed by atoms with van der Waals surface area (Å²) in [6.45, 7) is 4.00. The lowest BCUT2D eigenvalue weighted by molar-refractivity contribution is 0.0910. The smallest absolute Gasteiger partial charge is 0.261 e. The van der Waals surface area contributed by atoms with Gasteiger partial charge in [-0.3, -0.25) is 14.4 Å². The van der Waals surface area contributed by atoms with Crippen molar-refractivity contribution in [3.8, 4) is 0 Å². The number of rotatable bonds is 2. The molecule has 6 heteroatoms. The maximum Gasteiger partial charge on any atom is 0.261 e. The van der Waals surface area contributed by atoms with E-state index in [2.05, 4.69) is 10.3 Å². The molecule has 146 valence electrons. The van der Waals surface area contributed by atoms with Gasteiger partial charge in [0.25, 0.3) is 11.5 Å². The molecule has 0 saturated heterocycles. The van der Waals surface area contributed by atoms with Gasteiger partial charge in [-0.1, -0.05) is 19.9 Å². The van der Waals surface area contributed by atoms with Crippen molar-refractivity contribution >= 4 is 17.4 Å². The minimum absolute atomic E-state index is 0.00521. The van der Waals surface area contributed by atoms with Crippen LogP contribution >= 0.6 is 0 Å². The van der Waals surface area contributed by atoms with Gasteiger partial charge in [-0.15, -0.1) is 0 Å². The molecule has 1 heterocycles. The van der Waals surface area contributed by atoms with Crippen LogP contribution in [0.2, 0.25) is 0 Å². The van der Waals surface area contributed by atoms with Gasteiger partial charge in [-0.2, -0.15) is 0 Å². The molecule has 2 aromatic rings. The van der Waals surface area contributed by atoms with Crippen molar-refractivity contribution in [3.63, 3.8) is 0 Å². The highest BCUT2D eigenvalue weighted by Crippen LogP contribution is 2.34. The minimum Gasteiger partial charge on any atom is -0.399 e. The number of nitrogens with two attached hydrogens (primary N) is 1. The highest BCUT2D eigenvalue weighted by Gasteiger charge is 2.33. The number of pyridine rings is 1. The number of Topliss-reactive ketones (excluding diaryl/α,β-unsaturated/α-hetero) is 1. The molecule has 1 atom stereocenters. The highest BCUT2D eigenvalue weighted by molar-refractivity contribution is 6.02. The molecular weight excluding hydrogens is 354 g/mol. The van der Waals surface area contributed by atoms with E-state index in [-0.39, 0.29) is 22.8 Å². The third kappa shape index (κ3) is 3.35. The van der Waals surface area contributed by atoms with E-state index in [1.54, 1.807) is 0 Å². The first-order chi connectivity index (χ1) is 13.2. The molecule has 0 radical (unpaired) electrons. The highest BCUT2D eigenvalue weighted by atomic mass is 16.2. The van der Waals surface area contributed by atoms with Crippen LogP contribution in [0.1, 0.15) is 76.7 Å². The summed E-state index contributed by atoms with van der Waals surface area (Å²) < 4.78 is 0. The Morgan fingerprint density at radius 2 is 2.00 bits per heavy atom. The van der Waals surface area contributed by atoms with E-state index in [1.165, 1.54) is 6.07 Å². The molecule has 1 aromatic carbocycles. The average molecular weight is 379 g/mol. The number of ketones is 1. The second kappa shape index (κ2) is 6.62. The van der Waals surface area contributed by atoms with E-state index in [0.717, 1.165) is 30.4 Å². The van der Waals surface area contributed by atoms with E-state index in [9.17, 15) is 14.4 Å². The Balaban J connectivity index is 1.63. The standard InChI is InChI=1S/C22H25N3O3/c1-22(2)10-18-15(19(26)11-22)9-16(21(28)25-18)20(27)24-17-5-3-4-12-8-13(23)6-7-14(12)17/h6-9,17H,3-5,10-11,23H2,1-2H3,(H,24,27)(H,25,28). The van der Waals surface area contributed by atoms with Crippen LogP contribution in [0.15, 0.2) is 29.1 Å². The quantitative estimate of drug-likeness (QED) is 0.698. The lowest BCUT2D eigenvalue weighted by Crippen LogP contribution is -2.36. The SMILES string of the molecule is CC1(C)CC(=O)c2cc(C(=O)NC3CCCc4cc(N)ccc43)c(=O)[nH]c2C1. The van der Waals surface area contributed by atoms with E-state index in [4.69, 9.17) is 5.73 Å². The van der Waals surface area contributed by atoms with Crippen molar-refractivity contribution in [1.82, 2.24) is 10.3 Å². The van der Waals surface area contributed by atoms with E-state index in [0.29, 0.717) is 29.8 Å². The number of aromatic amines is 1. The van der Waals surface area contributed by atoms with Crippen molar-refractivity contribution in [2.45, 2.75) is 52.0 Å². The Labute approximate surface area is 163 Å². The lowest BCUT2D eigenvalue weighted by Gasteiger charge is -2.30. The number of aromatic nitrogens is 1. The molecule has 6 nitrogen and oxygen atoms in total. The molecule has 2 aliphatic carbocycles. The number of carbonyl (C=O) groups is 2. The van der Waals surface area contributed by atoms with Gasteiger partial charge in [0, 0.05) is 23.4 Å². The van der Waals surface area contributed by atoms with Crippen molar-refractivity contribution in [1.29, 1.82) is 0 Å². The van der Waals surface area contributed by atoms with Crippen LogP contribution in [0.25, 0.3) is 0 Å². The molecule has 0 saturated carbocycles. The van der Waals surface area contributed by atoms with Crippen molar-refractivity contribution in [3.05, 3.63) is 62.6 Å². The van der Waals surface area contributed by atoms with Gasteiger partial charge in [0.1, 0.15) is 5.56 Å². The Hall–Kier alpha value is -2.89. The summed E-state index contributed by atoms with van der Waals surface area (Å²) in [6, 6.07) is 7.02. The number of carbonyl (C=O) groups excluding carboxylic acids is 2. The van der Waals surface area contributed by atoms with Crippen LogP contribution in [0.4, 0.5) is 5.69 Å². The maximum atomic E-state index is 12.9. The van der Waals surface area contributed by atoms with Gasteiger partial charge in [-0.05, 0) is 60.4 Å². The van der Waals surface area contributed by atoms with Crippen LogP contribution in [0.3, 0.4) is 0 Å². The fraction of sp³-hybridized carbons (Fsp3) is 0.409. The molecule has 1 amide bonds. The summed E-state index contributed by atoms with van der Waals surface area (Å²) in [5.74, 6) is -0.480. The Kier molecular flexibility index (Phi) is 4.37. The number of hydrogen-bond acceptors (Lipinski definition) is 4. The second-order valence-electron chi connectivity index (χ2n) is 8.72. The monoisotopic (exact) mass is 379 g/mol. The molecule has 0 bridgehead atoms. The zero-order valence-electron chi connectivity index (χ0n) is 16.2. The first-order valence-corrected chi connectivity index (χ1v) is 9.72. The molecule has 1 unspecified atom stereocenters. The Bertz CT molecular complexity index is 1040. The van der Waals surface area contributed by atoms with Crippen LogP contribution in [0.5, 0.6) is 0 Å². The van der Waals surface area contributed by atoms with Crippen LogP contribution in [-0.2, 0) is 12.8 Å². The van der Waals surface area contributed by atoms with E-state index in [1.807, 2.05) is 32.0 Å². The maximum absolute atomic E-state index is 12.9. The van der Waals surface area contributed by atoms with Gasteiger partial charge in [0.05, 0.1) is 6.04 Å². The summed E-state index contributed by atoms with van der Waals surface area (Å²) in [5.41, 5.74) is 9.19. The van der Waals surface area contributed by atoms with Crippen molar-refractivity contribution in [2.24, 2.45) is 5.41 Å². The predicted octanol–water partition coefficient (Wildman–Crippen LogP) is 2.92. The summed E-state index contributed by atoms with van der Waals surface area (Å²) >= 11 is 0. The number of hydrogen-bond donors (Lipinski definition) is 3. The molecular formula is C22H25N3O3. The first-order valence-electron chi connectivity index (χ1n) is 9.72. The fourth-order valence-electron chi connectivity index (χ4n) is 4.42. The fourth-order valence-corrected chi connectivity index (χ4v) is 4.42. The van der Waals surface area contributed by atoms with E-state index >= 15 is 0 Å². The van der Waals surface area contributed by atoms with Crippen molar-refractivity contribution < 1.29 is 9.59 Å². The van der Waals surface area contributed by atoms with Gasteiger partial charge < -0.3 is 16.0 Å². The third-order valence-corrected chi connectivity index (χ3v) is 5.75. The number of nitrogens with one attached hydrogen (secondary N) is 2. The molecule has 0 aliphatic heterocycles. The summed E-state index contributed by atoms with van der Waals surface area (Å²) in [5, 5.41) is 2.98. The number of benzene rings is 1. The molecule has 2 aliphatic rings. The van der Waals surface area contributed by atoms with Crippen LogP contribution in [-0.4, -0.2) is 16.7 Å². The summed E-state index contributed by atoms with van der Waals surface area (Å²) in [6.07, 6.45) is 3.69. The summed E-state index contributed by atoms with van der Waals surface area (Å²) in [7, 11) is 0. The Morgan fingerprint density at radius 1 is 1.21 bits per heavy atom. The van der Waals surface area contributed by atoms with Crippen molar-refractivity contribution in [2.75, 3.05) is 5.73 Å². The molecule has 4 rings (SSSR count). The number of amides is 1. The predicted molar refractivity (Wildman–Crippen MR) is 107 cm³/mol. The van der Waals surface area contributed by atoms with Gasteiger partial charge in [-0.25, -0.2) is 0 Å². The third-order valence-electron chi connectivity index (χ3n) is 5.75. The number of nitrogen functional groups attached to an aromatic ring is 1.